The van der Waals surface area contributed by atoms with Crippen LogP contribution in [0.25, 0.3) is 0 Å². The number of urea groups is 1. The van der Waals surface area contributed by atoms with Crippen LogP contribution in [-0.4, -0.2) is 56.9 Å². The molecule has 1 aromatic carbocycles. The monoisotopic (exact) mass is 340 g/mol. The maximum absolute atomic E-state index is 12.1. The van der Waals surface area contributed by atoms with Crippen molar-refractivity contribution in [3.8, 4) is 0 Å². The van der Waals surface area contributed by atoms with E-state index >= 15 is 0 Å². The van der Waals surface area contributed by atoms with Gasteiger partial charge in [0.1, 0.15) is 0 Å². The topological polar surface area (TPSA) is 75.7 Å². The van der Waals surface area contributed by atoms with Gasteiger partial charge in [-0.2, -0.15) is 0 Å². The molecule has 128 valence electrons. The quantitative estimate of drug-likeness (QED) is 0.827. The molecule has 0 aliphatic carbocycles. The number of amides is 2. The molecule has 0 spiro atoms. The molecule has 23 heavy (non-hydrogen) atoms. The van der Waals surface area contributed by atoms with Crippen molar-refractivity contribution in [1.82, 2.24) is 10.2 Å². The van der Waals surface area contributed by atoms with Crippen molar-refractivity contribution in [2.75, 3.05) is 25.4 Å². The summed E-state index contributed by atoms with van der Waals surface area (Å²) in [5.41, 5.74) is 0. The van der Waals surface area contributed by atoms with Gasteiger partial charge < -0.3 is 15.0 Å². The number of benzene rings is 1. The van der Waals surface area contributed by atoms with Crippen LogP contribution in [0.2, 0.25) is 0 Å². The first-order valence-corrected chi connectivity index (χ1v) is 9.50. The van der Waals surface area contributed by atoms with E-state index in [-0.39, 0.29) is 24.0 Å². The lowest BCUT2D eigenvalue weighted by Gasteiger charge is -2.35. The summed E-state index contributed by atoms with van der Waals surface area (Å²) >= 11 is 0. The van der Waals surface area contributed by atoms with Crippen LogP contribution >= 0.6 is 0 Å². The van der Waals surface area contributed by atoms with Crippen molar-refractivity contribution >= 4 is 15.9 Å². The van der Waals surface area contributed by atoms with Gasteiger partial charge in [0.15, 0.2) is 9.84 Å². The number of nitrogens with zero attached hydrogens (tertiary/aromatic N) is 1. The van der Waals surface area contributed by atoms with E-state index in [0.29, 0.717) is 31.0 Å². The standard InChI is InChI=1S/C16H24N2O4S/c1-13-11-18(12-14(2)22-13)16(19)17-9-6-10-23(20,21)15-7-4-3-5-8-15/h3-5,7-8,13-14H,6,9-12H2,1-2H3,(H,17,19)/t13-,14+. The third-order valence-electron chi connectivity index (χ3n) is 3.68. The number of carbonyl (C=O) groups excluding carboxylic acids is 1. The molecule has 1 aromatic rings. The molecule has 0 saturated carbocycles. The van der Waals surface area contributed by atoms with Gasteiger partial charge in [0, 0.05) is 19.6 Å². The number of hydrogen-bond donors (Lipinski definition) is 1. The molecule has 1 aliphatic rings. The zero-order chi connectivity index (χ0) is 16.9. The van der Waals surface area contributed by atoms with Crippen molar-refractivity contribution in [2.45, 2.75) is 37.4 Å². The van der Waals surface area contributed by atoms with Gasteiger partial charge in [-0.05, 0) is 32.4 Å². The maximum atomic E-state index is 12.1. The molecule has 0 aromatic heterocycles. The molecule has 2 rings (SSSR count). The van der Waals surface area contributed by atoms with E-state index < -0.39 is 9.84 Å². The summed E-state index contributed by atoms with van der Waals surface area (Å²) in [6.07, 6.45) is 0.421. The lowest BCUT2D eigenvalue weighted by molar-refractivity contribution is -0.0544. The molecule has 1 saturated heterocycles. The minimum absolute atomic E-state index is 0.0166. The van der Waals surface area contributed by atoms with Crippen molar-refractivity contribution in [3.05, 3.63) is 30.3 Å². The molecule has 6 nitrogen and oxygen atoms in total. The first kappa shape index (κ1) is 17.7. The van der Waals surface area contributed by atoms with Gasteiger partial charge in [0.25, 0.3) is 0 Å². The second-order valence-electron chi connectivity index (χ2n) is 5.88. The van der Waals surface area contributed by atoms with Crippen molar-refractivity contribution in [2.24, 2.45) is 0 Å². The summed E-state index contributed by atoms with van der Waals surface area (Å²) in [7, 11) is -3.29. The molecule has 0 unspecified atom stereocenters. The molecule has 1 heterocycles. The van der Waals surface area contributed by atoms with Crippen LogP contribution in [0, 0.1) is 0 Å². The Morgan fingerprint density at radius 2 is 1.83 bits per heavy atom. The number of sulfone groups is 1. The molecule has 1 aliphatic heterocycles. The summed E-state index contributed by atoms with van der Waals surface area (Å²) in [5, 5.41) is 2.78. The SMILES string of the molecule is C[C@@H]1CN(C(=O)NCCCS(=O)(=O)c2ccccc2)C[C@H](C)O1. The summed E-state index contributed by atoms with van der Waals surface area (Å²) in [6, 6.07) is 8.20. The van der Waals surface area contributed by atoms with Crippen molar-refractivity contribution in [3.63, 3.8) is 0 Å². The molecule has 2 atom stereocenters. The number of carbonyl (C=O) groups is 1. The third kappa shape index (κ3) is 5.21. The minimum Gasteiger partial charge on any atom is -0.372 e. The fourth-order valence-corrected chi connectivity index (χ4v) is 3.99. The summed E-state index contributed by atoms with van der Waals surface area (Å²) < 4.78 is 29.8. The summed E-state index contributed by atoms with van der Waals surface area (Å²) in [5.74, 6) is 0.0210. The number of hydrogen-bond acceptors (Lipinski definition) is 4. The van der Waals surface area contributed by atoms with E-state index in [9.17, 15) is 13.2 Å². The Morgan fingerprint density at radius 1 is 1.22 bits per heavy atom. The second-order valence-corrected chi connectivity index (χ2v) is 7.99. The van der Waals surface area contributed by atoms with Crippen LogP contribution in [0.4, 0.5) is 4.79 Å². The number of ether oxygens (including phenoxy) is 1. The van der Waals surface area contributed by atoms with Crippen molar-refractivity contribution in [1.29, 1.82) is 0 Å². The molecular formula is C16H24N2O4S. The molecule has 0 bridgehead atoms. The fourth-order valence-electron chi connectivity index (χ4n) is 2.66. The van der Waals surface area contributed by atoms with E-state index in [1.807, 2.05) is 13.8 Å². The maximum Gasteiger partial charge on any atom is 0.317 e. The normalized spacial score (nSPS) is 21.9. The zero-order valence-corrected chi connectivity index (χ0v) is 14.4. The van der Waals surface area contributed by atoms with Gasteiger partial charge in [0.2, 0.25) is 0 Å². The van der Waals surface area contributed by atoms with Crippen molar-refractivity contribution < 1.29 is 17.9 Å². The Morgan fingerprint density at radius 3 is 2.43 bits per heavy atom. The highest BCUT2D eigenvalue weighted by atomic mass is 32.2. The molecule has 1 fully saturated rings. The van der Waals surface area contributed by atoms with E-state index in [4.69, 9.17) is 4.74 Å². The highest BCUT2D eigenvalue weighted by Gasteiger charge is 2.25. The van der Waals surface area contributed by atoms with Gasteiger partial charge >= 0.3 is 6.03 Å². The first-order valence-electron chi connectivity index (χ1n) is 7.84. The van der Waals surface area contributed by atoms with Crippen LogP contribution in [0.15, 0.2) is 35.2 Å². The summed E-state index contributed by atoms with van der Waals surface area (Å²) in [4.78, 5) is 14.1. The van der Waals surface area contributed by atoms with Crippen LogP contribution in [0.1, 0.15) is 20.3 Å². The average Bonchev–Trinajstić information content (AvgIpc) is 2.51. The van der Waals surface area contributed by atoms with Gasteiger partial charge in [0.05, 0.1) is 22.9 Å². The highest BCUT2D eigenvalue weighted by molar-refractivity contribution is 7.91. The fraction of sp³-hybridized carbons (Fsp3) is 0.562. The van der Waals surface area contributed by atoms with Crippen LogP contribution in [0.3, 0.4) is 0 Å². The van der Waals surface area contributed by atoms with Gasteiger partial charge in [-0.3, -0.25) is 0 Å². The van der Waals surface area contributed by atoms with Gasteiger partial charge in [-0.25, -0.2) is 13.2 Å². The zero-order valence-electron chi connectivity index (χ0n) is 13.6. The van der Waals surface area contributed by atoms with Crippen LogP contribution in [-0.2, 0) is 14.6 Å². The molecule has 0 radical (unpaired) electrons. The van der Waals surface area contributed by atoms with Crippen LogP contribution in [0.5, 0.6) is 0 Å². The molecular weight excluding hydrogens is 316 g/mol. The lowest BCUT2D eigenvalue weighted by Crippen LogP contribution is -2.51. The van der Waals surface area contributed by atoms with E-state index in [2.05, 4.69) is 5.32 Å². The molecule has 7 heteroatoms. The molecule has 1 N–H and O–H groups in total. The van der Waals surface area contributed by atoms with E-state index in [1.165, 1.54) is 0 Å². The minimum atomic E-state index is -3.29. The first-order chi connectivity index (χ1) is 10.9. The van der Waals surface area contributed by atoms with E-state index in [1.54, 1.807) is 35.2 Å². The molecule has 2 amide bonds. The smallest absolute Gasteiger partial charge is 0.317 e. The Bertz CT molecular complexity index is 608. The van der Waals surface area contributed by atoms with Gasteiger partial charge in [-0.15, -0.1) is 0 Å². The Kier molecular flexibility index (Phi) is 6.01. The average molecular weight is 340 g/mol. The Hall–Kier alpha value is -1.60. The lowest BCUT2D eigenvalue weighted by atomic mass is 10.2. The Balaban J connectivity index is 1.76. The van der Waals surface area contributed by atoms with Crippen LogP contribution < -0.4 is 5.32 Å². The van der Waals surface area contributed by atoms with E-state index in [0.717, 1.165) is 0 Å². The largest absolute Gasteiger partial charge is 0.372 e. The predicted octanol–water partition coefficient (Wildman–Crippen LogP) is 1.67. The second kappa shape index (κ2) is 7.79. The Labute approximate surface area is 137 Å². The number of nitrogens with one attached hydrogen (secondary N) is 1. The summed E-state index contributed by atoms with van der Waals surface area (Å²) in [6.45, 7) is 5.31. The third-order valence-corrected chi connectivity index (χ3v) is 5.49. The highest BCUT2D eigenvalue weighted by Crippen LogP contribution is 2.12. The number of morpholine rings is 1. The predicted molar refractivity (Wildman–Crippen MR) is 88.1 cm³/mol. The number of rotatable bonds is 5. The van der Waals surface area contributed by atoms with Gasteiger partial charge in [-0.1, -0.05) is 18.2 Å².